The highest BCUT2D eigenvalue weighted by Crippen LogP contribution is 2.48. The lowest BCUT2D eigenvalue weighted by atomic mass is 9.62. The lowest BCUT2D eigenvalue weighted by molar-refractivity contribution is 0.169. The van der Waals surface area contributed by atoms with Crippen LogP contribution in [0.4, 0.5) is 0 Å². The molecule has 0 aliphatic heterocycles. The molecule has 0 amide bonds. The predicted octanol–water partition coefficient (Wildman–Crippen LogP) is 4.73. The summed E-state index contributed by atoms with van der Waals surface area (Å²) in [6.07, 6.45) is 9.02. The SMILES string of the molecule is C=C1CCC2CC1C(C)(C)CCC=C2C. The third-order valence-electron chi connectivity index (χ3n) is 4.67. The summed E-state index contributed by atoms with van der Waals surface area (Å²) in [7, 11) is 0. The third kappa shape index (κ3) is 2.04. The van der Waals surface area contributed by atoms with Gasteiger partial charge in [-0.3, -0.25) is 0 Å². The van der Waals surface area contributed by atoms with Crippen molar-refractivity contribution in [1.29, 1.82) is 0 Å². The maximum absolute atomic E-state index is 4.31. The van der Waals surface area contributed by atoms with E-state index in [1.54, 1.807) is 5.57 Å². The van der Waals surface area contributed by atoms with Crippen LogP contribution in [0.5, 0.6) is 0 Å². The summed E-state index contributed by atoms with van der Waals surface area (Å²) < 4.78 is 0. The summed E-state index contributed by atoms with van der Waals surface area (Å²) in [4.78, 5) is 0. The monoisotopic (exact) mass is 204 g/mol. The molecular formula is C15H24. The Balaban J connectivity index is 2.29. The van der Waals surface area contributed by atoms with Crippen LogP contribution in [0.25, 0.3) is 0 Å². The fraction of sp³-hybridized carbons (Fsp3) is 0.733. The molecule has 0 aromatic carbocycles. The number of rotatable bonds is 0. The first-order valence-electron chi connectivity index (χ1n) is 6.35. The van der Waals surface area contributed by atoms with Crippen LogP contribution in [0.3, 0.4) is 0 Å². The van der Waals surface area contributed by atoms with Crippen LogP contribution in [0.1, 0.15) is 52.9 Å². The summed E-state index contributed by atoms with van der Waals surface area (Å²) in [5, 5.41) is 0. The molecule has 2 aliphatic carbocycles. The second-order valence-corrected chi connectivity index (χ2v) is 6.16. The fourth-order valence-corrected chi connectivity index (χ4v) is 3.40. The van der Waals surface area contributed by atoms with Gasteiger partial charge in [-0.1, -0.05) is 37.6 Å². The first-order chi connectivity index (χ1) is 7.00. The fourth-order valence-electron chi connectivity index (χ4n) is 3.40. The van der Waals surface area contributed by atoms with Gasteiger partial charge in [-0.05, 0) is 56.3 Å². The van der Waals surface area contributed by atoms with Crippen LogP contribution in [-0.4, -0.2) is 0 Å². The molecule has 0 aromatic heterocycles. The predicted molar refractivity (Wildman–Crippen MR) is 66.7 cm³/mol. The van der Waals surface area contributed by atoms with Gasteiger partial charge in [-0.25, -0.2) is 0 Å². The van der Waals surface area contributed by atoms with Crippen molar-refractivity contribution < 1.29 is 0 Å². The Kier molecular flexibility index (Phi) is 2.79. The van der Waals surface area contributed by atoms with E-state index in [1.807, 2.05) is 0 Å². The van der Waals surface area contributed by atoms with Gasteiger partial charge in [0.25, 0.3) is 0 Å². The smallest absolute Gasteiger partial charge is 0.0149 e. The maximum atomic E-state index is 4.31. The van der Waals surface area contributed by atoms with E-state index in [-0.39, 0.29) is 0 Å². The van der Waals surface area contributed by atoms with Crippen molar-refractivity contribution in [2.45, 2.75) is 52.9 Å². The minimum Gasteiger partial charge on any atom is -0.0996 e. The van der Waals surface area contributed by atoms with Crippen LogP contribution < -0.4 is 0 Å². The highest BCUT2D eigenvalue weighted by molar-refractivity contribution is 5.17. The van der Waals surface area contributed by atoms with Crippen molar-refractivity contribution in [1.82, 2.24) is 0 Å². The molecule has 15 heavy (non-hydrogen) atoms. The minimum absolute atomic E-state index is 0.465. The largest absolute Gasteiger partial charge is 0.0996 e. The molecular weight excluding hydrogens is 180 g/mol. The Morgan fingerprint density at radius 3 is 2.87 bits per heavy atom. The minimum atomic E-state index is 0.465. The quantitative estimate of drug-likeness (QED) is 0.501. The second kappa shape index (κ2) is 3.81. The molecule has 2 atom stereocenters. The number of allylic oxidation sites excluding steroid dienone is 3. The first kappa shape index (κ1) is 11.0. The molecule has 0 N–H and O–H groups in total. The van der Waals surface area contributed by atoms with Crippen molar-refractivity contribution in [2.75, 3.05) is 0 Å². The summed E-state index contributed by atoms with van der Waals surface area (Å²) in [6.45, 7) is 11.5. The van der Waals surface area contributed by atoms with E-state index in [9.17, 15) is 0 Å². The van der Waals surface area contributed by atoms with Crippen molar-refractivity contribution in [2.24, 2.45) is 17.3 Å². The van der Waals surface area contributed by atoms with Crippen LogP contribution in [0, 0.1) is 17.3 Å². The average molecular weight is 204 g/mol. The van der Waals surface area contributed by atoms with Gasteiger partial charge in [0.05, 0.1) is 0 Å². The van der Waals surface area contributed by atoms with Gasteiger partial charge in [0.15, 0.2) is 0 Å². The van der Waals surface area contributed by atoms with Gasteiger partial charge in [-0.15, -0.1) is 0 Å². The second-order valence-electron chi connectivity index (χ2n) is 6.16. The van der Waals surface area contributed by atoms with Crippen LogP contribution in [-0.2, 0) is 0 Å². The van der Waals surface area contributed by atoms with Crippen molar-refractivity contribution in [3.63, 3.8) is 0 Å². The lowest BCUT2D eigenvalue weighted by Crippen LogP contribution is -2.32. The number of hydrogen-bond donors (Lipinski definition) is 0. The van der Waals surface area contributed by atoms with Gasteiger partial charge in [0.1, 0.15) is 0 Å². The van der Waals surface area contributed by atoms with Gasteiger partial charge < -0.3 is 0 Å². The molecule has 2 unspecified atom stereocenters. The maximum Gasteiger partial charge on any atom is -0.0149 e. The average Bonchev–Trinajstić information content (AvgIpc) is 2.16. The van der Waals surface area contributed by atoms with Crippen molar-refractivity contribution in [3.05, 3.63) is 23.8 Å². The Hall–Kier alpha value is -0.520. The van der Waals surface area contributed by atoms with Gasteiger partial charge in [0.2, 0.25) is 0 Å². The normalized spacial score (nSPS) is 35.4. The molecule has 2 aliphatic rings. The van der Waals surface area contributed by atoms with E-state index >= 15 is 0 Å². The van der Waals surface area contributed by atoms with Crippen molar-refractivity contribution >= 4 is 0 Å². The summed E-state index contributed by atoms with van der Waals surface area (Å²) in [6, 6.07) is 0. The Morgan fingerprint density at radius 1 is 1.40 bits per heavy atom. The van der Waals surface area contributed by atoms with E-state index in [0.717, 1.165) is 11.8 Å². The molecule has 0 spiro atoms. The van der Waals surface area contributed by atoms with E-state index in [2.05, 4.69) is 33.4 Å². The summed E-state index contributed by atoms with van der Waals surface area (Å²) >= 11 is 0. The highest BCUT2D eigenvalue weighted by Gasteiger charge is 2.37. The molecule has 2 bridgehead atoms. The summed E-state index contributed by atoms with van der Waals surface area (Å²) in [5.41, 5.74) is 3.63. The van der Waals surface area contributed by atoms with E-state index in [4.69, 9.17) is 0 Å². The third-order valence-corrected chi connectivity index (χ3v) is 4.67. The van der Waals surface area contributed by atoms with E-state index < -0.39 is 0 Å². The van der Waals surface area contributed by atoms with Gasteiger partial charge in [0, 0.05) is 0 Å². The number of hydrogen-bond acceptors (Lipinski definition) is 0. The Morgan fingerprint density at radius 2 is 2.13 bits per heavy atom. The molecule has 0 saturated heterocycles. The van der Waals surface area contributed by atoms with E-state index in [1.165, 1.54) is 37.7 Å². The van der Waals surface area contributed by atoms with E-state index in [0.29, 0.717) is 5.41 Å². The molecule has 0 heterocycles. The zero-order valence-corrected chi connectivity index (χ0v) is 10.5. The molecule has 0 aromatic rings. The van der Waals surface area contributed by atoms with Crippen LogP contribution >= 0.6 is 0 Å². The lowest BCUT2D eigenvalue weighted by Gasteiger charge is -2.43. The molecule has 1 fully saturated rings. The molecule has 0 nitrogen and oxygen atoms in total. The molecule has 2 rings (SSSR count). The van der Waals surface area contributed by atoms with Crippen LogP contribution in [0.2, 0.25) is 0 Å². The van der Waals surface area contributed by atoms with Crippen LogP contribution in [0.15, 0.2) is 23.8 Å². The van der Waals surface area contributed by atoms with Gasteiger partial charge in [-0.2, -0.15) is 0 Å². The molecule has 1 saturated carbocycles. The number of fused-ring (bicyclic) bond motifs is 2. The standard InChI is InChI=1S/C15H24/c1-11-6-5-9-15(3,4)14-10-13(11)8-7-12(14)2/h6,13-14H,2,5,7-10H2,1,3-4H3. The molecule has 84 valence electrons. The topological polar surface area (TPSA) is 0 Å². The van der Waals surface area contributed by atoms with Crippen molar-refractivity contribution in [3.8, 4) is 0 Å². The highest BCUT2D eigenvalue weighted by atomic mass is 14.4. The first-order valence-corrected chi connectivity index (χ1v) is 6.35. The molecule has 0 radical (unpaired) electrons. The Labute approximate surface area is 94.5 Å². The Bertz CT molecular complexity index is 293. The van der Waals surface area contributed by atoms with Gasteiger partial charge >= 0.3 is 0 Å². The zero-order chi connectivity index (χ0) is 11.1. The molecule has 0 heteroatoms. The summed E-state index contributed by atoms with van der Waals surface area (Å²) in [5.74, 6) is 1.61. The zero-order valence-electron chi connectivity index (χ0n) is 10.5.